The largest absolute Gasteiger partial charge is 0.356 e. The number of benzene rings is 1. The molecule has 0 radical (unpaired) electrons. The average Bonchev–Trinajstić information content (AvgIpc) is 3.00. The number of nitrogens with zero attached hydrogens (tertiary/aromatic N) is 4. The molecule has 0 bridgehead atoms. The summed E-state index contributed by atoms with van der Waals surface area (Å²) < 4.78 is 2.18. The summed E-state index contributed by atoms with van der Waals surface area (Å²) in [6, 6.07) is 10.5. The van der Waals surface area contributed by atoms with Crippen molar-refractivity contribution >= 4 is 29.9 Å². The van der Waals surface area contributed by atoms with Gasteiger partial charge in [-0.25, -0.2) is 4.98 Å². The fourth-order valence-corrected chi connectivity index (χ4v) is 3.68. The minimum Gasteiger partial charge on any atom is -0.356 e. The van der Waals surface area contributed by atoms with Gasteiger partial charge in [-0.2, -0.15) is 0 Å². The minimum atomic E-state index is 0. The maximum absolute atomic E-state index is 4.50. The van der Waals surface area contributed by atoms with Crippen molar-refractivity contribution in [2.24, 2.45) is 4.99 Å². The molecule has 1 aliphatic rings. The van der Waals surface area contributed by atoms with E-state index in [0.717, 1.165) is 31.3 Å². The molecule has 3 rings (SSSR count). The van der Waals surface area contributed by atoms with Crippen LogP contribution in [0.4, 0.5) is 0 Å². The normalized spacial score (nSPS) is 15.4. The van der Waals surface area contributed by atoms with Crippen LogP contribution in [-0.2, 0) is 13.1 Å². The van der Waals surface area contributed by atoms with Gasteiger partial charge in [0.2, 0.25) is 0 Å². The van der Waals surface area contributed by atoms with Crippen molar-refractivity contribution < 1.29 is 0 Å². The van der Waals surface area contributed by atoms with Crippen LogP contribution in [-0.4, -0.2) is 53.6 Å². The summed E-state index contributed by atoms with van der Waals surface area (Å²) in [6.45, 7) is 6.12. The monoisotopic (exact) mass is 510 g/mol. The number of halogens is 1. The van der Waals surface area contributed by atoms with Crippen molar-refractivity contribution in [1.29, 1.82) is 0 Å². The zero-order valence-electron chi connectivity index (χ0n) is 17.5. The lowest BCUT2D eigenvalue weighted by atomic mass is 10.2. The van der Waals surface area contributed by atoms with E-state index in [1.165, 1.54) is 50.9 Å². The molecule has 1 aliphatic heterocycles. The molecule has 2 aromatic rings. The van der Waals surface area contributed by atoms with Gasteiger partial charge in [-0.1, -0.05) is 43.2 Å². The Morgan fingerprint density at radius 2 is 1.83 bits per heavy atom. The van der Waals surface area contributed by atoms with Gasteiger partial charge in [-0.05, 0) is 44.5 Å². The van der Waals surface area contributed by atoms with Crippen molar-refractivity contribution in [3.63, 3.8) is 0 Å². The molecule has 160 valence electrons. The predicted octanol–water partition coefficient (Wildman–Crippen LogP) is 3.48. The highest BCUT2D eigenvalue weighted by atomic mass is 127. The Bertz CT molecular complexity index is 707. The zero-order chi connectivity index (χ0) is 19.4. The van der Waals surface area contributed by atoms with Crippen LogP contribution in [0.5, 0.6) is 0 Å². The Kier molecular flexibility index (Phi) is 11.1. The Labute approximate surface area is 192 Å². The van der Waals surface area contributed by atoms with Gasteiger partial charge in [0.15, 0.2) is 5.96 Å². The third kappa shape index (κ3) is 8.34. The molecule has 0 saturated carbocycles. The lowest BCUT2D eigenvalue weighted by Crippen LogP contribution is -2.39. The fraction of sp³-hybridized carbons (Fsp3) is 0.545. The van der Waals surface area contributed by atoms with E-state index in [1.807, 2.05) is 25.5 Å². The molecule has 0 atom stereocenters. The zero-order valence-corrected chi connectivity index (χ0v) is 19.8. The number of hydrogen-bond donors (Lipinski definition) is 2. The molecule has 0 spiro atoms. The summed E-state index contributed by atoms with van der Waals surface area (Å²) >= 11 is 0. The molecule has 7 heteroatoms. The molecular weight excluding hydrogens is 475 g/mol. The highest BCUT2D eigenvalue weighted by Crippen LogP contribution is 2.09. The van der Waals surface area contributed by atoms with Gasteiger partial charge in [0.1, 0.15) is 5.82 Å². The number of guanidine groups is 1. The van der Waals surface area contributed by atoms with Crippen LogP contribution in [0.1, 0.15) is 43.5 Å². The van der Waals surface area contributed by atoms with E-state index in [4.69, 9.17) is 0 Å². The number of rotatable bonds is 8. The van der Waals surface area contributed by atoms with Gasteiger partial charge in [0.05, 0.1) is 6.54 Å². The Morgan fingerprint density at radius 3 is 2.55 bits per heavy atom. The van der Waals surface area contributed by atoms with E-state index in [1.54, 1.807) is 0 Å². The lowest BCUT2D eigenvalue weighted by Gasteiger charge is -2.20. The fourth-order valence-electron chi connectivity index (χ4n) is 3.68. The molecular formula is C22H35IN6. The second-order valence-electron chi connectivity index (χ2n) is 7.42. The van der Waals surface area contributed by atoms with Gasteiger partial charge in [0.25, 0.3) is 0 Å². The Balaban J connectivity index is 0.00000300. The van der Waals surface area contributed by atoms with Gasteiger partial charge >= 0.3 is 0 Å². The number of likely N-dealkylation sites (tertiary alicyclic amines) is 1. The third-order valence-electron chi connectivity index (χ3n) is 5.28. The summed E-state index contributed by atoms with van der Waals surface area (Å²) in [5, 5.41) is 6.82. The first-order valence-corrected chi connectivity index (χ1v) is 10.6. The van der Waals surface area contributed by atoms with Gasteiger partial charge in [-0.3, -0.25) is 4.99 Å². The summed E-state index contributed by atoms with van der Waals surface area (Å²) in [7, 11) is 1.82. The number of aliphatic imine (C=N–C) groups is 1. The van der Waals surface area contributed by atoms with E-state index >= 15 is 0 Å². The molecule has 0 aliphatic carbocycles. The first-order valence-electron chi connectivity index (χ1n) is 10.6. The van der Waals surface area contributed by atoms with E-state index in [9.17, 15) is 0 Å². The molecule has 6 nitrogen and oxygen atoms in total. The first-order chi connectivity index (χ1) is 13.8. The van der Waals surface area contributed by atoms with Crippen LogP contribution < -0.4 is 10.6 Å². The van der Waals surface area contributed by atoms with Crippen molar-refractivity contribution in [1.82, 2.24) is 25.1 Å². The van der Waals surface area contributed by atoms with Crippen LogP contribution in [0.25, 0.3) is 0 Å². The average molecular weight is 510 g/mol. The molecule has 1 aromatic carbocycles. The summed E-state index contributed by atoms with van der Waals surface area (Å²) in [4.78, 5) is 11.4. The standard InChI is InChI=1S/C22H34N6.HI/c1-23-22(25-12-9-16-27-14-7-2-3-8-15-27)26-18-21-24-13-17-28(21)19-20-10-5-4-6-11-20;/h4-6,10-11,13,17H,2-3,7-9,12,14-16,18-19H2,1H3,(H2,23,25,26);1H. The van der Waals surface area contributed by atoms with E-state index < -0.39 is 0 Å². The van der Waals surface area contributed by atoms with Gasteiger partial charge in [0, 0.05) is 32.5 Å². The van der Waals surface area contributed by atoms with E-state index in [0.29, 0.717) is 6.54 Å². The maximum Gasteiger partial charge on any atom is 0.191 e. The smallest absolute Gasteiger partial charge is 0.191 e. The maximum atomic E-state index is 4.50. The quantitative estimate of drug-likeness (QED) is 0.247. The summed E-state index contributed by atoms with van der Waals surface area (Å²) in [6.07, 6.45) is 10.5. The molecule has 1 aromatic heterocycles. The molecule has 2 heterocycles. The number of hydrogen-bond acceptors (Lipinski definition) is 3. The second kappa shape index (κ2) is 13.6. The molecule has 2 N–H and O–H groups in total. The van der Waals surface area contributed by atoms with Gasteiger partial charge in [-0.15, -0.1) is 24.0 Å². The van der Waals surface area contributed by atoms with Crippen LogP contribution in [0.2, 0.25) is 0 Å². The molecule has 29 heavy (non-hydrogen) atoms. The van der Waals surface area contributed by atoms with Crippen LogP contribution in [0.3, 0.4) is 0 Å². The summed E-state index contributed by atoms with van der Waals surface area (Å²) in [5.41, 5.74) is 1.28. The highest BCUT2D eigenvalue weighted by Gasteiger charge is 2.09. The van der Waals surface area contributed by atoms with E-state index in [-0.39, 0.29) is 24.0 Å². The highest BCUT2D eigenvalue weighted by molar-refractivity contribution is 14.0. The molecule has 1 saturated heterocycles. The molecule has 0 amide bonds. The number of aromatic nitrogens is 2. The topological polar surface area (TPSA) is 57.5 Å². The third-order valence-corrected chi connectivity index (χ3v) is 5.28. The van der Waals surface area contributed by atoms with Crippen molar-refractivity contribution in [3.05, 3.63) is 54.1 Å². The van der Waals surface area contributed by atoms with Crippen molar-refractivity contribution in [3.8, 4) is 0 Å². The van der Waals surface area contributed by atoms with Crippen LogP contribution in [0, 0.1) is 0 Å². The van der Waals surface area contributed by atoms with Crippen molar-refractivity contribution in [2.45, 2.75) is 45.2 Å². The number of imidazole rings is 1. The van der Waals surface area contributed by atoms with Crippen molar-refractivity contribution in [2.75, 3.05) is 33.2 Å². The first kappa shape index (κ1) is 23.7. The van der Waals surface area contributed by atoms with E-state index in [2.05, 4.69) is 54.3 Å². The molecule has 1 fully saturated rings. The Morgan fingerprint density at radius 1 is 1.07 bits per heavy atom. The number of nitrogens with one attached hydrogen (secondary N) is 2. The predicted molar refractivity (Wildman–Crippen MR) is 131 cm³/mol. The molecule has 0 unspecified atom stereocenters. The summed E-state index contributed by atoms with van der Waals surface area (Å²) in [5.74, 6) is 1.85. The second-order valence-corrected chi connectivity index (χ2v) is 7.42. The van der Waals surface area contributed by atoms with Crippen LogP contribution in [0.15, 0.2) is 47.7 Å². The van der Waals surface area contributed by atoms with Gasteiger partial charge < -0.3 is 20.1 Å². The van der Waals surface area contributed by atoms with Crippen LogP contribution >= 0.6 is 24.0 Å². The SMILES string of the molecule is CN=C(NCCCN1CCCCCC1)NCc1nccn1Cc1ccccc1.I. The lowest BCUT2D eigenvalue weighted by molar-refractivity contribution is 0.282. The Hall–Kier alpha value is -1.61. The minimum absolute atomic E-state index is 0.